The molecule has 6 aromatic carbocycles. The minimum absolute atomic E-state index is 0.0957. The first-order valence-corrected chi connectivity index (χ1v) is 38.2. The Hall–Kier alpha value is -8.36. The molecule has 3 unspecified atom stereocenters. The normalized spacial score (nSPS) is 13.9. The minimum Gasteiger partial charge on any atom is -0.464 e. The Morgan fingerprint density at radius 3 is 1.49 bits per heavy atom. The number of carbonyl (C=O) groups is 2. The SMILES string of the molecule is CC(C)(C)S(=O)N=Cc1n[nH]c(=O)c2ccc(Br)cc12.CC(NS(=O)C(C)(C)C)c1n[nH]c(=O)c2ccc(Br)cc12.COC(=O)c1n[nH]c(=O)c2ccc(Br)cc12.Cn1ncc(B2OC(C)(C)C(C)(C)O2)c1-c1ccccc1.O=Cc1n[nH]c(=O)c2ccc(Br)cc12.O=c1[nH]nc(CO)c2cc(Br)ccc12. The van der Waals surface area contributed by atoms with Crippen LogP contribution >= 0.6 is 79.6 Å². The van der Waals surface area contributed by atoms with Crippen LogP contribution in [-0.4, -0.2) is 128 Å². The summed E-state index contributed by atoms with van der Waals surface area (Å²) >= 11 is 16.6. The molecule has 0 spiro atoms. The molecule has 3 atom stereocenters. The lowest BCUT2D eigenvalue weighted by Crippen LogP contribution is -2.41. The number of halogens is 5. The summed E-state index contributed by atoms with van der Waals surface area (Å²) in [5.41, 5.74) is 3.02. The maximum Gasteiger partial charge on any atom is 0.498 e. The Morgan fingerprint density at radius 1 is 0.604 bits per heavy atom. The lowest BCUT2D eigenvalue weighted by atomic mass is 9.78. The summed E-state index contributed by atoms with van der Waals surface area (Å²) in [4.78, 5) is 79.7. The first-order valence-electron chi connectivity index (χ1n) is 32.0. The van der Waals surface area contributed by atoms with Crippen LogP contribution in [0.3, 0.4) is 0 Å². The maximum atomic E-state index is 12.2. The van der Waals surface area contributed by atoms with Gasteiger partial charge in [0.05, 0.1) is 102 Å². The number of aldehydes is 1. The molecule has 106 heavy (non-hydrogen) atoms. The van der Waals surface area contributed by atoms with Gasteiger partial charge in [0.15, 0.2) is 12.0 Å². The predicted octanol–water partition coefficient (Wildman–Crippen LogP) is 11.9. The molecule has 0 saturated carbocycles. The van der Waals surface area contributed by atoms with Crippen molar-refractivity contribution in [1.82, 2.24) is 65.5 Å². The van der Waals surface area contributed by atoms with Gasteiger partial charge < -0.3 is 19.2 Å². The standard InChI is InChI=1S/C16H21BN2O2.C14H18BrN3O2S.C13H14BrN3O2S.C10H7BrN2O3.C9H7BrN2O2.C9H5BrN2O2/c1-15(2)16(3,4)21-17(20-15)13-11-18-19(5)14(13)12-9-7-6-8-10-12;1-8(18-21(20)14(2,3)4)12-11-7-9(15)5-6-10(11)13(19)17-16-12;1-13(2,3)20(19)15-7-11-10-6-8(14)4-5-9(10)12(18)17-16-11;1-16-10(15)8-7-4-5(11)2-3-6(7)9(14)13-12-8;2*10-5-1-2-6-7(3-5)8(4-13)11-12-9(6)14/h6-11H,1-5H3;5-8,18H,1-4H3,(H,17,19);4-7H,1-3H3,(H,17,18);2-4H,1H3,(H,13,14);1-3,13H,4H2,(H,12,14);1-4H,(H,12,14). The second-order valence-corrected chi connectivity index (χ2v) is 34.8. The molecule has 0 bridgehead atoms. The van der Waals surface area contributed by atoms with Gasteiger partial charge in [-0.3, -0.25) is 33.4 Å². The molecule has 27 nitrogen and oxygen atoms in total. The second kappa shape index (κ2) is 35.6. The highest BCUT2D eigenvalue weighted by Crippen LogP contribution is 2.37. The molecule has 6 aromatic heterocycles. The van der Waals surface area contributed by atoms with Gasteiger partial charge in [0.1, 0.15) is 22.4 Å². The molecule has 12 aromatic rings. The third-order valence-corrected chi connectivity index (χ3v) is 21.6. The highest BCUT2D eigenvalue weighted by Gasteiger charge is 2.53. The van der Waals surface area contributed by atoms with Crippen molar-refractivity contribution in [2.75, 3.05) is 7.11 Å². The number of aliphatic hydroxyl groups is 1. The molecule has 1 aliphatic heterocycles. The molecule has 554 valence electrons. The zero-order valence-electron chi connectivity index (χ0n) is 59.3. The number of hydrogen-bond acceptors (Lipinski definition) is 19. The van der Waals surface area contributed by atoms with E-state index >= 15 is 0 Å². The average molecular weight is 1800 g/mol. The predicted molar refractivity (Wildman–Crippen MR) is 432 cm³/mol. The number of aliphatic hydroxyl groups excluding tert-OH is 1. The zero-order chi connectivity index (χ0) is 77.9. The van der Waals surface area contributed by atoms with Crippen LogP contribution in [0.1, 0.15) is 120 Å². The molecule has 13 rings (SSSR count). The summed E-state index contributed by atoms with van der Waals surface area (Å²) in [6, 6.07) is 36.0. The van der Waals surface area contributed by atoms with E-state index in [1.165, 1.54) is 13.3 Å². The number of ether oxygens (including phenoxy) is 1. The highest BCUT2D eigenvalue weighted by atomic mass is 79.9. The monoisotopic (exact) mass is 1800 g/mol. The first kappa shape index (κ1) is 83.3. The van der Waals surface area contributed by atoms with Gasteiger partial charge in [-0.1, -0.05) is 110 Å². The van der Waals surface area contributed by atoms with Crippen molar-refractivity contribution in [3.8, 4) is 11.3 Å². The van der Waals surface area contributed by atoms with Crippen molar-refractivity contribution in [1.29, 1.82) is 0 Å². The van der Waals surface area contributed by atoms with E-state index in [4.69, 9.17) is 14.4 Å². The van der Waals surface area contributed by atoms with Gasteiger partial charge >= 0.3 is 13.1 Å². The van der Waals surface area contributed by atoms with E-state index in [2.05, 4.69) is 189 Å². The molecule has 0 radical (unpaired) electrons. The Kier molecular flexibility index (Phi) is 28.0. The van der Waals surface area contributed by atoms with Crippen LogP contribution in [0.25, 0.3) is 65.1 Å². The van der Waals surface area contributed by atoms with Gasteiger partial charge in [0, 0.05) is 68.0 Å². The Balaban J connectivity index is 0.000000162. The van der Waals surface area contributed by atoms with E-state index in [-0.39, 0.29) is 74.9 Å². The summed E-state index contributed by atoms with van der Waals surface area (Å²) in [7, 11) is 0.234. The number of nitrogens with one attached hydrogen (secondary N) is 6. The van der Waals surface area contributed by atoms with Gasteiger partial charge in [0.25, 0.3) is 27.8 Å². The van der Waals surface area contributed by atoms with Crippen LogP contribution in [0.4, 0.5) is 0 Å². The number of nitrogens with zero attached hydrogens (tertiary/aromatic N) is 8. The molecule has 1 saturated heterocycles. The molecule has 7 heterocycles. The summed E-state index contributed by atoms with van der Waals surface area (Å²) in [5, 5.41) is 49.9. The Morgan fingerprint density at radius 2 is 1.02 bits per heavy atom. The lowest BCUT2D eigenvalue weighted by molar-refractivity contribution is 0.00578. The molecular weight excluding hydrogens is 1730 g/mol. The molecule has 0 aliphatic carbocycles. The average Bonchev–Trinajstić information content (AvgIpc) is 1.62. The second-order valence-electron chi connectivity index (χ2n) is 26.3. The van der Waals surface area contributed by atoms with Crippen molar-refractivity contribution in [3.05, 3.63) is 230 Å². The number of aromatic amines is 5. The van der Waals surface area contributed by atoms with Crippen LogP contribution in [0.2, 0.25) is 0 Å². The van der Waals surface area contributed by atoms with Crippen LogP contribution < -0.4 is 38.0 Å². The van der Waals surface area contributed by atoms with E-state index in [0.29, 0.717) is 71.8 Å². The van der Waals surface area contributed by atoms with Gasteiger partial charge in [-0.05, 0) is 173 Å². The van der Waals surface area contributed by atoms with Crippen molar-refractivity contribution in [2.24, 2.45) is 11.4 Å². The number of hydrogen-bond donors (Lipinski definition) is 7. The maximum absolute atomic E-state index is 12.2. The fourth-order valence-electron chi connectivity index (χ4n) is 9.89. The minimum atomic E-state index is -1.37. The number of aryl methyl sites for hydroxylation is 1. The fraction of sp³-hybridized carbons (Fsp3) is 0.268. The van der Waals surface area contributed by atoms with Crippen LogP contribution in [0, 0.1) is 0 Å². The van der Waals surface area contributed by atoms with Crippen molar-refractivity contribution in [3.63, 3.8) is 0 Å². The quantitative estimate of drug-likeness (QED) is 0.0289. The zero-order valence-corrected chi connectivity index (χ0v) is 68.8. The van der Waals surface area contributed by atoms with E-state index in [1.54, 1.807) is 78.9 Å². The molecule has 7 N–H and O–H groups in total. The largest absolute Gasteiger partial charge is 0.498 e. The van der Waals surface area contributed by atoms with Gasteiger partial charge in [-0.25, -0.2) is 43.4 Å². The smallest absolute Gasteiger partial charge is 0.464 e. The Labute approximate surface area is 653 Å². The lowest BCUT2D eigenvalue weighted by Gasteiger charge is -2.32. The number of H-pyrrole nitrogens is 5. The number of benzene rings is 6. The van der Waals surface area contributed by atoms with E-state index in [9.17, 15) is 42.0 Å². The summed E-state index contributed by atoms with van der Waals surface area (Å²) in [6.45, 7) is 21.2. The number of aromatic nitrogens is 12. The summed E-state index contributed by atoms with van der Waals surface area (Å²) in [6.07, 6.45) is 3.89. The van der Waals surface area contributed by atoms with Crippen LogP contribution in [0.5, 0.6) is 0 Å². The third kappa shape index (κ3) is 20.5. The number of methoxy groups -OCH3 is 1. The number of fused-ring (bicyclic) bond motifs is 5. The molecular formula is C71H72BBr5N14O13S2. The molecule has 0 amide bonds. The number of esters is 1. The Bertz CT molecular complexity index is 5650. The van der Waals surface area contributed by atoms with Crippen LogP contribution in [-0.2, 0) is 49.7 Å². The third-order valence-electron chi connectivity index (χ3n) is 16.1. The highest BCUT2D eigenvalue weighted by molar-refractivity contribution is 9.11. The topological polar surface area (TPSA) is 387 Å². The first-order chi connectivity index (χ1) is 49.9. The van der Waals surface area contributed by atoms with E-state index < -0.39 is 32.7 Å². The van der Waals surface area contributed by atoms with E-state index in [0.717, 1.165) is 44.5 Å². The molecule has 35 heteroatoms. The van der Waals surface area contributed by atoms with Crippen molar-refractivity contribution >= 4 is 187 Å². The van der Waals surface area contributed by atoms with E-state index in [1.807, 2.05) is 96.7 Å². The van der Waals surface area contributed by atoms with Gasteiger partial charge in [-0.15, -0.1) is 0 Å². The van der Waals surface area contributed by atoms with Gasteiger partial charge in [0.2, 0.25) is 0 Å². The van der Waals surface area contributed by atoms with Crippen LogP contribution in [0.15, 0.2) is 178 Å². The number of rotatable bonds is 10. The summed E-state index contributed by atoms with van der Waals surface area (Å²) in [5.74, 6) is -0.584. The van der Waals surface area contributed by atoms with Crippen molar-refractivity contribution < 1.29 is 37.2 Å². The molecule has 1 fully saturated rings. The summed E-state index contributed by atoms with van der Waals surface area (Å²) < 4.78 is 53.3. The van der Waals surface area contributed by atoms with Gasteiger partial charge in [-0.2, -0.15) is 35.0 Å². The van der Waals surface area contributed by atoms with Crippen molar-refractivity contribution in [2.45, 2.75) is 110 Å². The fourth-order valence-corrected chi connectivity index (χ4v) is 13.0. The molecule has 1 aliphatic rings. The number of carbonyl (C=O) groups excluding carboxylic acids is 2.